The molecule has 1 aromatic carbocycles. The van der Waals surface area contributed by atoms with Crippen LogP contribution in [-0.4, -0.2) is 11.5 Å². The molecule has 0 N–H and O–H groups in total. The number of fused-ring (bicyclic) bond motifs is 1. The van der Waals surface area contributed by atoms with E-state index in [1.807, 2.05) is 25.1 Å². The summed E-state index contributed by atoms with van der Waals surface area (Å²) < 4.78 is 0. The first-order valence-corrected chi connectivity index (χ1v) is 5.45. The van der Waals surface area contributed by atoms with Crippen molar-refractivity contribution in [1.82, 2.24) is 0 Å². The van der Waals surface area contributed by atoms with Crippen molar-refractivity contribution < 1.29 is 4.92 Å². The first-order chi connectivity index (χ1) is 7.59. The fourth-order valence-electron chi connectivity index (χ4n) is 2.38. The summed E-state index contributed by atoms with van der Waals surface area (Å²) in [4.78, 5) is 10.5. The molecule has 0 radical (unpaired) electrons. The predicted octanol–water partition coefficient (Wildman–Crippen LogP) is 2.94. The molecule has 1 atom stereocenters. The minimum absolute atomic E-state index is 0.000185. The lowest BCUT2D eigenvalue weighted by molar-refractivity contribution is -0.482. The monoisotopic (exact) mass is 217 g/mol. The van der Waals surface area contributed by atoms with Crippen molar-refractivity contribution in [2.24, 2.45) is 0 Å². The van der Waals surface area contributed by atoms with Gasteiger partial charge in [0.25, 0.3) is 0 Å². The van der Waals surface area contributed by atoms with E-state index in [0.29, 0.717) is 0 Å². The molecule has 84 valence electrons. The molecule has 0 aliphatic heterocycles. The number of hydrogen-bond donors (Lipinski definition) is 0. The molecule has 3 nitrogen and oxygen atoms in total. The molecule has 0 aromatic heterocycles. The minimum atomic E-state index is -0.219. The number of allylic oxidation sites excluding steroid dienone is 1. The Morgan fingerprint density at radius 3 is 2.75 bits per heavy atom. The Morgan fingerprint density at radius 1 is 1.38 bits per heavy atom. The zero-order chi connectivity index (χ0) is 11.7. The van der Waals surface area contributed by atoms with E-state index in [1.165, 1.54) is 11.1 Å². The molecule has 0 saturated heterocycles. The molecular weight excluding hydrogens is 202 g/mol. The average molecular weight is 217 g/mol. The lowest BCUT2D eigenvalue weighted by atomic mass is 9.79. The summed E-state index contributed by atoms with van der Waals surface area (Å²) in [5.41, 5.74) is 4.79. The number of rotatable bonds is 2. The number of benzene rings is 1. The van der Waals surface area contributed by atoms with Gasteiger partial charge in [-0.15, -0.1) is 0 Å². The Morgan fingerprint density at radius 2 is 2.06 bits per heavy atom. The predicted molar refractivity (Wildman–Crippen MR) is 63.1 cm³/mol. The van der Waals surface area contributed by atoms with Crippen LogP contribution in [0, 0.1) is 10.1 Å². The van der Waals surface area contributed by atoms with Gasteiger partial charge in [-0.3, -0.25) is 10.1 Å². The van der Waals surface area contributed by atoms with Crippen LogP contribution >= 0.6 is 0 Å². The van der Waals surface area contributed by atoms with Crippen LogP contribution in [0.4, 0.5) is 0 Å². The third-order valence-electron chi connectivity index (χ3n) is 3.41. The van der Waals surface area contributed by atoms with Gasteiger partial charge in [-0.05, 0) is 31.4 Å². The van der Waals surface area contributed by atoms with Crippen molar-refractivity contribution in [3.63, 3.8) is 0 Å². The van der Waals surface area contributed by atoms with Crippen molar-refractivity contribution in [1.29, 1.82) is 0 Å². The van der Waals surface area contributed by atoms with Gasteiger partial charge in [0.1, 0.15) is 0 Å². The highest BCUT2D eigenvalue weighted by Gasteiger charge is 2.27. The molecular formula is C13H15NO2. The first-order valence-electron chi connectivity index (χ1n) is 5.45. The van der Waals surface area contributed by atoms with Crippen molar-refractivity contribution >= 4 is 0 Å². The maximum atomic E-state index is 10.7. The smallest absolute Gasteiger partial charge is 0.214 e. The summed E-state index contributed by atoms with van der Waals surface area (Å²) in [7, 11) is 0. The highest BCUT2D eigenvalue weighted by atomic mass is 16.6. The summed E-state index contributed by atoms with van der Waals surface area (Å²) in [5, 5.41) is 10.7. The molecule has 0 spiro atoms. The van der Waals surface area contributed by atoms with Crippen molar-refractivity contribution in [2.45, 2.75) is 26.2 Å². The number of hydrogen-bond acceptors (Lipinski definition) is 2. The second-order valence-electron chi connectivity index (χ2n) is 4.41. The van der Waals surface area contributed by atoms with E-state index in [2.05, 4.69) is 13.0 Å². The molecule has 0 fully saturated rings. The topological polar surface area (TPSA) is 43.1 Å². The fourth-order valence-corrected chi connectivity index (χ4v) is 2.38. The second-order valence-corrected chi connectivity index (χ2v) is 4.41. The van der Waals surface area contributed by atoms with Crippen LogP contribution < -0.4 is 0 Å². The zero-order valence-corrected chi connectivity index (χ0v) is 9.56. The third kappa shape index (κ3) is 1.85. The van der Waals surface area contributed by atoms with Crippen molar-refractivity contribution in [2.75, 3.05) is 6.54 Å². The van der Waals surface area contributed by atoms with Crippen LogP contribution in [-0.2, 0) is 6.42 Å². The van der Waals surface area contributed by atoms with E-state index < -0.39 is 0 Å². The molecule has 1 aliphatic rings. The molecule has 0 heterocycles. The maximum absolute atomic E-state index is 10.7. The van der Waals surface area contributed by atoms with E-state index >= 15 is 0 Å². The minimum Gasteiger partial charge on any atom is -0.265 e. The number of nitrogens with zero attached hydrogens (tertiary/aromatic N) is 1. The molecule has 1 unspecified atom stereocenters. The van der Waals surface area contributed by atoms with Gasteiger partial charge in [0.05, 0.1) is 5.92 Å². The van der Waals surface area contributed by atoms with E-state index in [0.717, 1.165) is 17.6 Å². The van der Waals surface area contributed by atoms with Crippen LogP contribution in [0.1, 0.15) is 30.9 Å². The van der Waals surface area contributed by atoms with Gasteiger partial charge in [0.2, 0.25) is 6.54 Å². The largest absolute Gasteiger partial charge is 0.265 e. The van der Waals surface area contributed by atoms with E-state index in [4.69, 9.17) is 0 Å². The summed E-state index contributed by atoms with van der Waals surface area (Å²) in [5.74, 6) is -0.0417. The van der Waals surface area contributed by atoms with Crippen LogP contribution in [0.5, 0.6) is 0 Å². The van der Waals surface area contributed by atoms with E-state index in [-0.39, 0.29) is 17.4 Å². The Balaban J connectivity index is 2.45. The molecule has 2 rings (SSSR count). The maximum Gasteiger partial charge on any atom is 0.214 e. The normalized spacial score (nSPS) is 19.5. The second kappa shape index (κ2) is 4.08. The van der Waals surface area contributed by atoms with Crippen LogP contribution in [0.25, 0.3) is 0 Å². The van der Waals surface area contributed by atoms with Crippen LogP contribution in [0.2, 0.25) is 0 Å². The standard InChI is InChI=1S/C13H15NO2/c1-9-7-11-5-3-4-6-12(11)13(10(9)2)8-14(15)16/h3-6,13H,7-8H2,1-2H3. The molecule has 0 saturated carbocycles. The molecule has 16 heavy (non-hydrogen) atoms. The number of nitro groups is 1. The lowest BCUT2D eigenvalue weighted by Crippen LogP contribution is -2.19. The molecule has 0 bridgehead atoms. The Labute approximate surface area is 94.9 Å². The van der Waals surface area contributed by atoms with Gasteiger partial charge in [-0.2, -0.15) is 0 Å². The Hall–Kier alpha value is -1.64. The third-order valence-corrected chi connectivity index (χ3v) is 3.41. The Kier molecular flexibility index (Phi) is 2.77. The zero-order valence-electron chi connectivity index (χ0n) is 9.56. The highest BCUT2D eigenvalue weighted by molar-refractivity contribution is 5.43. The Bertz CT molecular complexity index is 463. The SMILES string of the molecule is CC1=C(C)C(C[N+](=O)[O-])c2ccccc2C1. The first kappa shape index (κ1) is 10.9. The quantitative estimate of drug-likeness (QED) is 0.434. The highest BCUT2D eigenvalue weighted by Crippen LogP contribution is 2.35. The van der Waals surface area contributed by atoms with Gasteiger partial charge in [-0.1, -0.05) is 35.4 Å². The molecule has 1 aromatic rings. The molecule has 0 amide bonds. The van der Waals surface area contributed by atoms with Gasteiger partial charge >= 0.3 is 0 Å². The molecule has 3 heteroatoms. The van der Waals surface area contributed by atoms with Gasteiger partial charge in [0.15, 0.2) is 0 Å². The summed E-state index contributed by atoms with van der Waals surface area (Å²) in [6, 6.07) is 8.04. The van der Waals surface area contributed by atoms with Gasteiger partial charge in [-0.25, -0.2) is 0 Å². The summed E-state index contributed by atoms with van der Waals surface area (Å²) >= 11 is 0. The fraction of sp³-hybridized carbons (Fsp3) is 0.385. The van der Waals surface area contributed by atoms with Crippen LogP contribution in [0.3, 0.4) is 0 Å². The van der Waals surface area contributed by atoms with Gasteiger partial charge in [0, 0.05) is 4.92 Å². The average Bonchev–Trinajstić information content (AvgIpc) is 2.24. The van der Waals surface area contributed by atoms with Crippen molar-refractivity contribution in [3.05, 3.63) is 56.7 Å². The summed E-state index contributed by atoms with van der Waals surface area (Å²) in [6.07, 6.45) is 0.927. The van der Waals surface area contributed by atoms with Gasteiger partial charge < -0.3 is 0 Å². The van der Waals surface area contributed by atoms with E-state index in [1.54, 1.807) is 0 Å². The van der Waals surface area contributed by atoms with Crippen LogP contribution in [0.15, 0.2) is 35.4 Å². The van der Waals surface area contributed by atoms with Crippen molar-refractivity contribution in [3.8, 4) is 0 Å². The lowest BCUT2D eigenvalue weighted by Gasteiger charge is -2.25. The molecule has 1 aliphatic carbocycles. The van der Waals surface area contributed by atoms with E-state index in [9.17, 15) is 10.1 Å². The summed E-state index contributed by atoms with van der Waals surface area (Å²) in [6.45, 7) is 4.08.